The normalized spacial score (nSPS) is 11.9. The van der Waals surface area contributed by atoms with Crippen LogP contribution in [0.15, 0.2) is 53.6 Å². The molecule has 6 nitrogen and oxygen atoms in total. The maximum Gasteiger partial charge on any atom is 0.433 e. The number of hydrogen-bond donors (Lipinski definition) is 0. The summed E-state index contributed by atoms with van der Waals surface area (Å²) in [6.07, 6.45) is -3.64. The Kier molecular flexibility index (Phi) is 5.87. The van der Waals surface area contributed by atoms with Crippen molar-refractivity contribution in [2.24, 2.45) is 7.05 Å². The monoisotopic (exact) mass is 488 g/mol. The number of aromatic nitrogens is 4. The third-order valence-electron chi connectivity index (χ3n) is 5.00. The highest BCUT2D eigenvalue weighted by Crippen LogP contribution is 2.32. The first kappa shape index (κ1) is 23.4. The maximum atomic E-state index is 13.4. The molecule has 0 bridgehead atoms. The molecule has 3 heterocycles. The number of benzene rings is 1. The number of imidazole rings is 1. The molecule has 34 heavy (non-hydrogen) atoms. The Morgan fingerprint density at radius 3 is 2.50 bits per heavy atom. The molecular weight excluding hydrogens is 472 g/mol. The van der Waals surface area contributed by atoms with Gasteiger partial charge in [0.15, 0.2) is 15.7 Å². The van der Waals surface area contributed by atoms with E-state index in [0.717, 1.165) is 12.3 Å². The van der Waals surface area contributed by atoms with Crippen LogP contribution in [0, 0.1) is 17.7 Å². The van der Waals surface area contributed by atoms with Crippen molar-refractivity contribution >= 4 is 20.9 Å². The van der Waals surface area contributed by atoms with Crippen molar-refractivity contribution in [3.63, 3.8) is 0 Å². The summed E-state index contributed by atoms with van der Waals surface area (Å²) in [5.41, 5.74) is -0.356. The van der Waals surface area contributed by atoms with E-state index >= 15 is 0 Å². The number of alkyl halides is 3. The van der Waals surface area contributed by atoms with E-state index in [1.807, 2.05) is 0 Å². The van der Waals surface area contributed by atoms with E-state index in [4.69, 9.17) is 0 Å². The van der Waals surface area contributed by atoms with Crippen LogP contribution in [-0.4, -0.2) is 33.7 Å². The van der Waals surface area contributed by atoms with Crippen molar-refractivity contribution in [1.82, 2.24) is 19.5 Å². The van der Waals surface area contributed by atoms with Crippen LogP contribution in [0.4, 0.5) is 17.6 Å². The predicted octanol–water partition coefficient (Wildman–Crippen LogP) is 4.38. The maximum absolute atomic E-state index is 13.4. The van der Waals surface area contributed by atoms with Crippen LogP contribution in [-0.2, 0) is 23.1 Å². The number of sulfone groups is 1. The number of fused-ring (bicyclic) bond motifs is 1. The number of hydrogen-bond acceptors (Lipinski definition) is 5. The van der Waals surface area contributed by atoms with Crippen LogP contribution in [0.3, 0.4) is 0 Å². The van der Waals surface area contributed by atoms with Gasteiger partial charge in [0, 0.05) is 12.6 Å². The summed E-state index contributed by atoms with van der Waals surface area (Å²) in [5.74, 6) is 4.87. The molecular formula is C23H16F4N4O2S. The van der Waals surface area contributed by atoms with E-state index in [9.17, 15) is 26.0 Å². The van der Waals surface area contributed by atoms with E-state index in [1.165, 1.54) is 48.9 Å². The molecule has 0 saturated heterocycles. The van der Waals surface area contributed by atoms with Gasteiger partial charge < -0.3 is 4.57 Å². The zero-order valence-electron chi connectivity index (χ0n) is 17.9. The Morgan fingerprint density at radius 2 is 1.82 bits per heavy atom. The Morgan fingerprint density at radius 1 is 1.06 bits per heavy atom. The minimum Gasteiger partial charge on any atom is -0.324 e. The lowest BCUT2D eigenvalue weighted by molar-refractivity contribution is -0.141. The topological polar surface area (TPSA) is 77.7 Å². The van der Waals surface area contributed by atoms with E-state index in [1.54, 1.807) is 6.07 Å². The van der Waals surface area contributed by atoms with Crippen LogP contribution in [0.5, 0.6) is 0 Å². The molecule has 4 rings (SSSR count). The molecule has 0 aliphatic carbocycles. The van der Waals surface area contributed by atoms with E-state index in [-0.39, 0.29) is 38.9 Å². The molecule has 4 aromatic rings. The van der Waals surface area contributed by atoms with E-state index in [0.29, 0.717) is 5.56 Å². The summed E-state index contributed by atoms with van der Waals surface area (Å²) in [4.78, 5) is 11.9. The zero-order chi connectivity index (χ0) is 24.7. The highest BCUT2D eigenvalue weighted by molar-refractivity contribution is 7.91. The minimum atomic E-state index is -4.66. The SMILES string of the molecule is CCS(=O)(=O)c1ccc(C#Cc2cccc(F)c2)nc1-c1nc2cc(C(F)(F)F)ncc2n1C. The minimum absolute atomic E-state index is 0.0160. The Labute approximate surface area is 192 Å². The van der Waals surface area contributed by atoms with Crippen molar-refractivity contribution < 1.29 is 26.0 Å². The van der Waals surface area contributed by atoms with Gasteiger partial charge in [0.1, 0.15) is 22.9 Å². The largest absolute Gasteiger partial charge is 0.433 e. The van der Waals surface area contributed by atoms with E-state index < -0.39 is 27.5 Å². The van der Waals surface area contributed by atoms with Gasteiger partial charge in [-0.25, -0.2) is 27.8 Å². The lowest BCUT2D eigenvalue weighted by Gasteiger charge is -2.09. The van der Waals surface area contributed by atoms with Crippen molar-refractivity contribution in [3.05, 3.63) is 71.4 Å². The molecule has 0 aliphatic rings. The summed E-state index contributed by atoms with van der Waals surface area (Å²) >= 11 is 0. The lowest BCUT2D eigenvalue weighted by atomic mass is 10.2. The average Bonchev–Trinajstić information content (AvgIpc) is 3.13. The first-order chi connectivity index (χ1) is 16.0. The second-order valence-corrected chi connectivity index (χ2v) is 9.50. The van der Waals surface area contributed by atoms with Crippen molar-refractivity contribution in [3.8, 4) is 23.4 Å². The fourth-order valence-corrected chi connectivity index (χ4v) is 4.26. The van der Waals surface area contributed by atoms with Gasteiger partial charge in [0.25, 0.3) is 0 Å². The van der Waals surface area contributed by atoms with Crippen LogP contribution in [0.2, 0.25) is 0 Å². The second kappa shape index (κ2) is 8.53. The number of aryl methyl sites for hydroxylation is 1. The van der Waals surface area contributed by atoms with Crippen LogP contribution >= 0.6 is 0 Å². The Bertz CT molecular complexity index is 1580. The Balaban J connectivity index is 1.91. The highest BCUT2D eigenvalue weighted by atomic mass is 32.2. The smallest absolute Gasteiger partial charge is 0.324 e. The number of pyridine rings is 2. The molecule has 0 spiro atoms. The summed E-state index contributed by atoms with van der Waals surface area (Å²) < 4.78 is 79.5. The summed E-state index contributed by atoms with van der Waals surface area (Å²) in [5, 5.41) is 0. The van der Waals surface area contributed by atoms with Crippen LogP contribution < -0.4 is 0 Å². The molecule has 0 N–H and O–H groups in total. The average molecular weight is 488 g/mol. The number of rotatable bonds is 3. The third-order valence-corrected chi connectivity index (χ3v) is 6.76. The number of halogens is 4. The molecule has 0 fully saturated rings. The lowest BCUT2D eigenvalue weighted by Crippen LogP contribution is -2.09. The van der Waals surface area contributed by atoms with Crippen LogP contribution in [0.25, 0.3) is 22.6 Å². The standard InChI is InChI=1S/C23H16F4N4O2S/c1-3-34(32,33)19-10-9-16(8-7-14-5-4-6-15(24)11-14)29-21(19)22-30-17-12-20(23(25,26)27)28-13-18(17)31(22)2/h4-6,9-13H,3H2,1-2H3. The van der Waals surface area contributed by atoms with Crippen LogP contribution in [0.1, 0.15) is 23.9 Å². The molecule has 0 aliphatic heterocycles. The van der Waals surface area contributed by atoms with Crippen molar-refractivity contribution in [1.29, 1.82) is 0 Å². The Hall–Kier alpha value is -3.78. The molecule has 0 unspecified atom stereocenters. The first-order valence-electron chi connectivity index (χ1n) is 9.91. The van der Waals surface area contributed by atoms with Gasteiger partial charge in [-0.3, -0.25) is 0 Å². The summed E-state index contributed by atoms with van der Waals surface area (Å²) in [6, 6.07) is 9.14. The molecule has 0 radical (unpaired) electrons. The fraction of sp³-hybridized carbons (Fsp3) is 0.174. The van der Waals surface area contributed by atoms with E-state index in [2.05, 4.69) is 26.8 Å². The molecule has 0 amide bonds. The van der Waals surface area contributed by atoms with Gasteiger partial charge in [-0.15, -0.1) is 0 Å². The highest BCUT2D eigenvalue weighted by Gasteiger charge is 2.33. The van der Waals surface area contributed by atoms with Gasteiger partial charge in [0.05, 0.1) is 27.9 Å². The number of nitrogens with zero attached hydrogens (tertiary/aromatic N) is 4. The fourth-order valence-electron chi connectivity index (χ4n) is 3.24. The van der Waals surface area contributed by atoms with Gasteiger partial charge in [-0.2, -0.15) is 13.2 Å². The second-order valence-electron chi connectivity index (χ2n) is 7.26. The van der Waals surface area contributed by atoms with Gasteiger partial charge >= 0.3 is 6.18 Å². The molecule has 11 heteroatoms. The van der Waals surface area contributed by atoms with Gasteiger partial charge in [0.2, 0.25) is 0 Å². The third kappa shape index (κ3) is 4.49. The van der Waals surface area contributed by atoms with Crippen molar-refractivity contribution in [2.75, 3.05) is 5.75 Å². The molecule has 3 aromatic heterocycles. The zero-order valence-corrected chi connectivity index (χ0v) is 18.7. The predicted molar refractivity (Wildman–Crippen MR) is 117 cm³/mol. The molecule has 0 saturated carbocycles. The van der Waals surface area contributed by atoms with Gasteiger partial charge in [-0.1, -0.05) is 18.9 Å². The van der Waals surface area contributed by atoms with Gasteiger partial charge in [-0.05, 0) is 42.3 Å². The quantitative estimate of drug-likeness (QED) is 0.316. The molecule has 1 aromatic carbocycles. The summed E-state index contributed by atoms with van der Waals surface area (Å²) in [7, 11) is -2.24. The first-order valence-corrected chi connectivity index (χ1v) is 11.6. The summed E-state index contributed by atoms with van der Waals surface area (Å²) in [6.45, 7) is 1.46. The molecule has 174 valence electrons. The van der Waals surface area contributed by atoms with Crippen molar-refractivity contribution in [2.45, 2.75) is 18.0 Å². The molecule has 0 atom stereocenters.